The summed E-state index contributed by atoms with van der Waals surface area (Å²) < 4.78 is 37.4. The van der Waals surface area contributed by atoms with Gasteiger partial charge in [0.25, 0.3) is 0 Å². The van der Waals surface area contributed by atoms with E-state index in [0.717, 1.165) is 6.07 Å². The number of hydrogen-bond donors (Lipinski definition) is 1. The van der Waals surface area contributed by atoms with Gasteiger partial charge in [-0.3, -0.25) is 0 Å². The zero-order valence-corrected chi connectivity index (χ0v) is 12.0. The summed E-state index contributed by atoms with van der Waals surface area (Å²) in [7, 11) is 1.40. The molecule has 0 bridgehead atoms. The van der Waals surface area contributed by atoms with E-state index < -0.39 is 23.2 Å². The fourth-order valence-electron chi connectivity index (χ4n) is 1.66. The number of rotatable bonds is 5. The first-order valence-corrected chi connectivity index (χ1v) is 6.33. The van der Waals surface area contributed by atoms with Crippen LogP contribution >= 0.6 is 11.6 Å². The highest BCUT2D eigenvalue weighted by molar-refractivity contribution is 6.31. The number of carbonyl (C=O) groups is 1. The summed E-state index contributed by atoms with van der Waals surface area (Å²) >= 11 is 5.86. The average Bonchev–Trinajstić information content (AvgIpc) is 2.47. The number of carboxylic acids is 1. The molecule has 1 N–H and O–H groups in total. The minimum atomic E-state index is -1.55. The lowest BCUT2D eigenvalue weighted by Gasteiger charge is -2.09. The number of methoxy groups -OCH3 is 1. The molecule has 0 unspecified atom stereocenters. The Hall–Kier alpha value is -2.41. The Kier molecular flexibility index (Phi) is 4.77. The second-order valence-corrected chi connectivity index (χ2v) is 4.59. The molecule has 0 radical (unpaired) electrons. The predicted molar refractivity (Wildman–Crippen MR) is 73.4 cm³/mol. The van der Waals surface area contributed by atoms with Crippen molar-refractivity contribution in [3.63, 3.8) is 0 Å². The molecule has 1 heterocycles. The van der Waals surface area contributed by atoms with E-state index in [0.29, 0.717) is 6.07 Å². The number of ether oxygens (including phenoxy) is 2. The second-order valence-electron chi connectivity index (χ2n) is 4.18. The third-order valence-electron chi connectivity index (χ3n) is 2.74. The molecule has 22 heavy (non-hydrogen) atoms. The normalized spacial score (nSPS) is 10.4. The van der Waals surface area contributed by atoms with E-state index in [9.17, 15) is 13.6 Å². The molecule has 1 aromatic heterocycles. The van der Waals surface area contributed by atoms with Gasteiger partial charge in [-0.2, -0.15) is 0 Å². The lowest BCUT2D eigenvalue weighted by molar-refractivity contribution is 0.0691. The molecule has 0 spiro atoms. The van der Waals surface area contributed by atoms with Crippen LogP contribution in [0.2, 0.25) is 5.02 Å². The number of pyridine rings is 1. The molecule has 0 atom stereocenters. The Morgan fingerprint density at radius 3 is 2.64 bits per heavy atom. The molecular formula is C14H10ClF2NO4. The Balaban J connectivity index is 2.16. The van der Waals surface area contributed by atoms with Crippen molar-refractivity contribution in [1.29, 1.82) is 0 Å². The van der Waals surface area contributed by atoms with Gasteiger partial charge in [0.15, 0.2) is 0 Å². The van der Waals surface area contributed by atoms with Gasteiger partial charge >= 0.3 is 5.97 Å². The van der Waals surface area contributed by atoms with E-state index >= 15 is 0 Å². The van der Waals surface area contributed by atoms with Gasteiger partial charge in [0, 0.05) is 11.6 Å². The molecule has 0 saturated heterocycles. The number of hydrogen-bond acceptors (Lipinski definition) is 4. The molecule has 0 aliphatic carbocycles. The van der Waals surface area contributed by atoms with E-state index in [1.807, 2.05) is 0 Å². The molecule has 0 aliphatic rings. The van der Waals surface area contributed by atoms with Crippen LogP contribution in [0.3, 0.4) is 0 Å². The second kappa shape index (κ2) is 6.57. The van der Waals surface area contributed by atoms with Crippen molar-refractivity contribution < 1.29 is 28.2 Å². The summed E-state index contributed by atoms with van der Waals surface area (Å²) in [6.45, 7) is -0.313. The molecule has 0 aliphatic heterocycles. The number of aromatic carboxylic acids is 1. The highest BCUT2D eigenvalue weighted by Gasteiger charge is 2.15. The van der Waals surface area contributed by atoms with E-state index in [2.05, 4.69) is 4.98 Å². The van der Waals surface area contributed by atoms with Crippen LogP contribution in [0, 0.1) is 11.6 Å². The van der Waals surface area contributed by atoms with Crippen LogP contribution in [-0.2, 0) is 6.61 Å². The van der Waals surface area contributed by atoms with E-state index in [-0.39, 0.29) is 28.8 Å². The van der Waals surface area contributed by atoms with E-state index in [1.165, 1.54) is 19.4 Å². The fraction of sp³-hybridized carbons (Fsp3) is 0.143. The number of halogens is 3. The molecule has 116 valence electrons. The van der Waals surface area contributed by atoms with Crippen molar-refractivity contribution in [3.05, 3.63) is 52.2 Å². The summed E-state index contributed by atoms with van der Waals surface area (Å²) in [6, 6.07) is 2.79. The van der Waals surface area contributed by atoms with Crippen molar-refractivity contribution in [1.82, 2.24) is 4.98 Å². The number of aromatic nitrogens is 1. The Morgan fingerprint density at radius 2 is 2.05 bits per heavy atom. The van der Waals surface area contributed by atoms with Crippen molar-refractivity contribution in [3.8, 4) is 11.6 Å². The summed E-state index contributed by atoms with van der Waals surface area (Å²) in [4.78, 5) is 14.6. The summed E-state index contributed by atoms with van der Waals surface area (Å²) in [5, 5.41) is 8.90. The third kappa shape index (κ3) is 3.43. The van der Waals surface area contributed by atoms with Gasteiger partial charge in [0.1, 0.15) is 29.0 Å². The van der Waals surface area contributed by atoms with Crippen LogP contribution in [0.25, 0.3) is 0 Å². The number of carboxylic acid groups (broad SMARTS) is 1. The number of benzene rings is 1. The van der Waals surface area contributed by atoms with Gasteiger partial charge in [-0.05, 0) is 12.1 Å². The maximum atomic E-state index is 13.7. The zero-order valence-electron chi connectivity index (χ0n) is 11.3. The van der Waals surface area contributed by atoms with Crippen LogP contribution in [0.5, 0.6) is 11.6 Å². The lowest BCUT2D eigenvalue weighted by Crippen LogP contribution is -2.06. The Bertz CT molecular complexity index is 724. The molecule has 0 fully saturated rings. The third-order valence-corrected chi connectivity index (χ3v) is 3.01. The molecule has 5 nitrogen and oxygen atoms in total. The molecule has 8 heteroatoms. The van der Waals surface area contributed by atoms with Crippen molar-refractivity contribution in [2.24, 2.45) is 0 Å². The van der Waals surface area contributed by atoms with Gasteiger partial charge in [-0.1, -0.05) is 11.6 Å². The van der Waals surface area contributed by atoms with Crippen LogP contribution < -0.4 is 9.47 Å². The number of nitrogens with zero attached hydrogens (tertiary/aromatic N) is 1. The van der Waals surface area contributed by atoms with Crippen LogP contribution in [-0.4, -0.2) is 23.2 Å². The van der Waals surface area contributed by atoms with Crippen molar-refractivity contribution in [2.45, 2.75) is 6.61 Å². The highest BCUT2D eigenvalue weighted by atomic mass is 35.5. The first-order chi connectivity index (χ1) is 10.4. The molecule has 0 amide bonds. The Labute approximate surface area is 129 Å². The van der Waals surface area contributed by atoms with E-state index in [4.69, 9.17) is 26.2 Å². The summed E-state index contributed by atoms with van der Waals surface area (Å²) in [5.74, 6) is -3.04. The monoisotopic (exact) mass is 329 g/mol. The average molecular weight is 330 g/mol. The Morgan fingerprint density at radius 1 is 1.32 bits per heavy atom. The molecular weight excluding hydrogens is 320 g/mol. The first kappa shape index (κ1) is 16.0. The highest BCUT2D eigenvalue weighted by Crippen LogP contribution is 2.26. The first-order valence-electron chi connectivity index (χ1n) is 5.96. The van der Waals surface area contributed by atoms with E-state index in [1.54, 1.807) is 0 Å². The van der Waals surface area contributed by atoms with Crippen molar-refractivity contribution >= 4 is 17.6 Å². The van der Waals surface area contributed by atoms with Gasteiger partial charge in [-0.25, -0.2) is 18.6 Å². The minimum absolute atomic E-state index is 0.130. The smallest absolute Gasteiger partial charge is 0.338 e. The fourth-order valence-corrected chi connectivity index (χ4v) is 1.89. The maximum Gasteiger partial charge on any atom is 0.338 e. The maximum absolute atomic E-state index is 13.7. The summed E-state index contributed by atoms with van der Waals surface area (Å²) in [6.07, 6.45) is 1.31. The van der Waals surface area contributed by atoms with Crippen LogP contribution in [0.1, 0.15) is 15.9 Å². The lowest BCUT2D eigenvalue weighted by atomic mass is 10.1. The van der Waals surface area contributed by atoms with Gasteiger partial charge in [-0.15, -0.1) is 0 Å². The van der Waals surface area contributed by atoms with Gasteiger partial charge < -0.3 is 14.6 Å². The standard InChI is InChI=1S/C14H10ClF2NO4/c1-21-13-10(15)3-8(5-18-13)22-6-7-2-12(17)9(14(19)20)4-11(7)16/h2-5H,6H2,1H3,(H,19,20). The van der Waals surface area contributed by atoms with Crippen LogP contribution in [0.4, 0.5) is 8.78 Å². The van der Waals surface area contributed by atoms with Gasteiger partial charge in [0.05, 0.1) is 18.9 Å². The quantitative estimate of drug-likeness (QED) is 0.911. The van der Waals surface area contributed by atoms with Crippen LogP contribution in [0.15, 0.2) is 24.4 Å². The van der Waals surface area contributed by atoms with Gasteiger partial charge in [0.2, 0.25) is 5.88 Å². The predicted octanol–water partition coefficient (Wildman–Crippen LogP) is 3.30. The van der Waals surface area contributed by atoms with Crippen molar-refractivity contribution in [2.75, 3.05) is 7.11 Å². The topological polar surface area (TPSA) is 68.7 Å². The molecule has 1 aromatic carbocycles. The SMILES string of the molecule is COc1ncc(OCc2cc(F)c(C(=O)O)cc2F)cc1Cl. The largest absolute Gasteiger partial charge is 0.487 e. The minimum Gasteiger partial charge on any atom is -0.487 e. The molecule has 2 rings (SSSR count). The zero-order chi connectivity index (χ0) is 16.3. The molecule has 0 saturated carbocycles. The summed E-state index contributed by atoms with van der Waals surface area (Å²) in [5.41, 5.74) is -0.871. The molecule has 2 aromatic rings.